The molecule has 1 aliphatic heterocycles. The first-order chi connectivity index (χ1) is 6.72. The number of hydrogen-bond donors (Lipinski definition) is 0. The third kappa shape index (κ3) is 1.37. The molecule has 0 bridgehead atoms. The van der Waals surface area contributed by atoms with Crippen LogP contribution in [0.4, 0.5) is 0 Å². The maximum Gasteiger partial charge on any atom is 0.165 e. The Hall–Kier alpha value is -1.44. The summed E-state index contributed by atoms with van der Waals surface area (Å²) >= 11 is 0. The van der Waals surface area contributed by atoms with Gasteiger partial charge in [-0.25, -0.2) is 0 Å². The predicted octanol–water partition coefficient (Wildman–Crippen LogP) is 2.57. The topological polar surface area (TPSA) is 18.5 Å². The maximum atomic E-state index is 5.77. The highest BCUT2D eigenvalue weighted by atomic mass is 16.5. The minimum absolute atomic E-state index is 0.112. The molecule has 0 amide bonds. The second-order valence-corrected chi connectivity index (χ2v) is 3.61. The molecule has 1 aromatic carbocycles. The molecule has 0 N–H and O–H groups in total. The number of hydrogen-bond acceptors (Lipinski definition) is 2. The minimum atomic E-state index is 0.112. The van der Waals surface area contributed by atoms with Gasteiger partial charge >= 0.3 is 0 Å². The van der Waals surface area contributed by atoms with E-state index in [0.29, 0.717) is 0 Å². The highest BCUT2D eigenvalue weighted by Gasteiger charge is 2.25. The van der Waals surface area contributed by atoms with Crippen LogP contribution >= 0.6 is 0 Å². The lowest BCUT2D eigenvalue weighted by molar-refractivity contribution is 0.258. The largest absolute Gasteiger partial charge is 0.493 e. The lowest BCUT2D eigenvalue weighted by Gasteiger charge is -2.10. The zero-order valence-electron chi connectivity index (χ0n) is 8.54. The van der Waals surface area contributed by atoms with Crippen LogP contribution < -0.4 is 9.47 Å². The molecule has 74 valence electrons. The van der Waals surface area contributed by atoms with Crippen molar-refractivity contribution in [1.29, 1.82) is 0 Å². The van der Waals surface area contributed by atoms with Gasteiger partial charge in [0.15, 0.2) is 11.5 Å². The molecule has 2 rings (SSSR count). The summed E-state index contributed by atoms with van der Waals surface area (Å²) in [6.07, 6.45) is 1.02. The molecule has 1 unspecified atom stereocenters. The van der Waals surface area contributed by atoms with Gasteiger partial charge in [-0.1, -0.05) is 18.7 Å². The summed E-state index contributed by atoms with van der Waals surface area (Å²) in [5.41, 5.74) is 2.26. The SMILES string of the molecule is C=C(C)C1Cc2cccc(OC)c2O1. The van der Waals surface area contributed by atoms with E-state index >= 15 is 0 Å². The average molecular weight is 190 g/mol. The molecule has 0 fully saturated rings. The molecular weight excluding hydrogens is 176 g/mol. The van der Waals surface area contributed by atoms with Gasteiger partial charge in [-0.15, -0.1) is 0 Å². The molecule has 0 spiro atoms. The molecule has 2 nitrogen and oxygen atoms in total. The molecule has 0 radical (unpaired) electrons. The van der Waals surface area contributed by atoms with Gasteiger partial charge in [-0.05, 0) is 18.6 Å². The first-order valence-electron chi connectivity index (χ1n) is 4.70. The molecule has 1 aliphatic rings. The van der Waals surface area contributed by atoms with E-state index in [9.17, 15) is 0 Å². The number of methoxy groups -OCH3 is 1. The molecule has 0 saturated carbocycles. The molecule has 2 heteroatoms. The van der Waals surface area contributed by atoms with Gasteiger partial charge in [0.25, 0.3) is 0 Å². The molecule has 0 aromatic heterocycles. The van der Waals surface area contributed by atoms with E-state index in [0.717, 1.165) is 23.5 Å². The van der Waals surface area contributed by atoms with Gasteiger partial charge in [0, 0.05) is 12.0 Å². The average Bonchev–Trinajstić information content (AvgIpc) is 2.60. The van der Waals surface area contributed by atoms with Crippen LogP contribution in [0.25, 0.3) is 0 Å². The summed E-state index contributed by atoms with van der Waals surface area (Å²) in [6, 6.07) is 5.97. The van der Waals surface area contributed by atoms with Crippen molar-refractivity contribution >= 4 is 0 Å². The fourth-order valence-corrected chi connectivity index (χ4v) is 1.68. The van der Waals surface area contributed by atoms with Gasteiger partial charge in [0.05, 0.1) is 7.11 Å². The first-order valence-corrected chi connectivity index (χ1v) is 4.70. The Labute approximate surface area is 84.2 Å². The number of fused-ring (bicyclic) bond motifs is 1. The Morgan fingerprint density at radius 2 is 2.36 bits per heavy atom. The van der Waals surface area contributed by atoms with E-state index in [1.54, 1.807) is 7.11 Å². The molecule has 1 aromatic rings. The van der Waals surface area contributed by atoms with Crippen molar-refractivity contribution in [2.24, 2.45) is 0 Å². The van der Waals surface area contributed by atoms with Gasteiger partial charge in [0.1, 0.15) is 6.10 Å². The highest BCUT2D eigenvalue weighted by Crippen LogP contribution is 2.38. The Morgan fingerprint density at radius 3 is 3.00 bits per heavy atom. The smallest absolute Gasteiger partial charge is 0.165 e. The summed E-state index contributed by atoms with van der Waals surface area (Å²) in [7, 11) is 1.66. The monoisotopic (exact) mass is 190 g/mol. The second-order valence-electron chi connectivity index (χ2n) is 3.61. The maximum absolute atomic E-state index is 5.77. The second kappa shape index (κ2) is 3.37. The Balaban J connectivity index is 2.34. The summed E-state index contributed by atoms with van der Waals surface area (Å²) < 4.78 is 11.0. The van der Waals surface area contributed by atoms with Crippen molar-refractivity contribution in [2.75, 3.05) is 7.11 Å². The van der Waals surface area contributed by atoms with Crippen LogP contribution in [0.1, 0.15) is 12.5 Å². The normalized spacial score (nSPS) is 18.6. The van der Waals surface area contributed by atoms with Crippen LogP contribution in [0.5, 0.6) is 11.5 Å². The third-order valence-electron chi connectivity index (χ3n) is 2.50. The summed E-state index contributed by atoms with van der Waals surface area (Å²) in [6.45, 7) is 5.90. The van der Waals surface area contributed by atoms with Crippen LogP contribution in [0.3, 0.4) is 0 Å². The van der Waals surface area contributed by atoms with Crippen LogP contribution in [0, 0.1) is 0 Å². The van der Waals surface area contributed by atoms with Gasteiger partial charge in [-0.2, -0.15) is 0 Å². The Kier molecular flexibility index (Phi) is 2.20. The fraction of sp³-hybridized carbons (Fsp3) is 0.333. The highest BCUT2D eigenvalue weighted by molar-refractivity contribution is 5.50. The molecule has 14 heavy (non-hydrogen) atoms. The minimum Gasteiger partial charge on any atom is -0.493 e. The summed E-state index contributed by atoms with van der Waals surface area (Å²) in [5.74, 6) is 1.69. The Bertz CT molecular complexity index is 369. The van der Waals surface area contributed by atoms with Crippen molar-refractivity contribution in [3.05, 3.63) is 35.9 Å². The predicted molar refractivity (Wildman–Crippen MR) is 55.9 cm³/mol. The number of benzene rings is 1. The van der Waals surface area contributed by atoms with Gasteiger partial charge in [0.2, 0.25) is 0 Å². The van der Waals surface area contributed by atoms with Crippen LogP contribution in [-0.2, 0) is 6.42 Å². The van der Waals surface area contributed by atoms with Gasteiger partial charge in [-0.3, -0.25) is 0 Å². The molecule has 1 atom stereocenters. The number of para-hydroxylation sites is 1. The molecule has 0 saturated heterocycles. The lowest BCUT2D eigenvalue weighted by atomic mass is 10.1. The molecular formula is C12H14O2. The van der Waals surface area contributed by atoms with Crippen LogP contribution in [-0.4, -0.2) is 13.2 Å². The molecule has 0 aliphatic carbocycles. The van der Waals surface area contributed by atoms with Crippen molar-refractivity contribution < 1.29 is 9.47 Å². The van der Waals surface area contributed by atoms with Crippen molar-refractivity contribution in [3.63, 3.8) is 0 Å². The van der Waals surface area contributed by atoms with Crippen LogP contribution in [0.2, 0.25) is 0 Å². The first kappa shape index (κ1) is 9.13. The lowest BCUT2D eigenvalue weighted by Crippen LogP contribution is -2.13. The molecule has 1 heterocycles. The van der Waals surface area contributed by atoms with Crippen LogP contribution in [0.15, 0.2) is 30.4 Å². The third-order valence-corrected chi connectivity index (χ3v) is 2.50. The van der Waals surface area contributed by atoms with E-state index in [4.69, 9.17) is 9.47 Å². The van der Waals surface area contributed by atoms with E-state index in [-0.39, 0.29) is 6.10 Å². The van der Waals surface area contributed by atoms with E-state index in [1.165, 1.54) is 5.56 Å². The Morgan fingerprint density at radius 1 is 1.57 bits per heavy atom. The van der Waals surface area contributed by atoms with Gasteiger partial charge < -0.3 is 9.47 Å². The zero-order valence-corrected chi connectivity index (χ0v) is 8.54. The van der Waals surface area contributed by atoms with Crippen molar-refractivity contribution in [3.8, 4) is 11.5 Å². The van der Waals surface area contributed by atoms with E-state index in [2.05, 4.69) is 12.6 Å². The standard InChI is InChI=1S/C12H14O2/c1-8(2)11-7-9-5-4-6-10(13-3)12(9)14-11/h4-6,11H,1,7H2,2-3H3. The van der Waals surface area contributed by atoms with E-state index < -0.39 is 0 Å². The quantitative estimate of drug-likeness (QED) is 0.667. The van der Waals surface area contributed by atoms with Crippen molar-refractivity contribution in [2.45, 2.75) is 19.4 Å². The van der Waals surface area contributed by atoms with E-state index in [1.807, 2.05) is 19.1 Å². The van der Waals surface area contributed by atoms with Crippen molar-refractivity contribution in [1.82, 2.24) is 0 Å². The summed E-state index contributed by atoms with van der Waals surface area (Å²) in [5, 5.41) is 0. The number of rotatable bonds is 2. The zero-order chi connectivity index (χ0) is 10.1. The summed E-state index contributed by atoms with van der Waals surface area (Å²) in [4.78, 5) is 0. The number of ether oxygens (including phenoxy) is 2. The fourth-order valence-electron chi connectivity index (χ4n) is 1.68.